The van der Waals surface area contributed by atoms with E-state index in [-0.39, 0.29) is 0 Å². The Morgan fingerprint density at radius 1 is 0.432 bits per heavy atom. The lowest BCUT2D eigenvalue weighted by atomic mass is 9.30. The van der Waals surface area contributed by atoms with Gasteiger partial charge >= 0.3 is 0 Å². The van der Waals surface area contributed by atoms with Gasteiger partial charge in [-0.05, 0) is 78.5 Å². The smallest absolute Gasteiger partial charge is 0.0667 e. The molecule has 1 heteroatoms. The molecule has 9 rings (SSSR count). The molecule has 0 atom stereocenters. The topological polar surface area (TPSA) is 0 Å². The molecule has 2 aliphatic rings. The lowest BCUT2D eigenvalue weighted by Gasteiger charge is -2.35. The Bertz CT molecular complexity index is 2020. The summed E-state index contributed by atoms with van der Waals surface area (Å²) in [4.78, 5) is 0. The summed E-state index contributed by atoms with van der Waals surface area (Å²) in [6.07, 6.45) is 2.02. The average molecular weight is 466 g/mol. The Labute approximate surface area is 216 Å². The van der Waals surface area contributed by atoms with Gasteiger partial charge in [-0.25, -0.2) is 0 Å². The molecule has 2 heterocycles. The van der Waals surface area contributed by atoms with Gasteiger partial charge in [-0.1, -0.05) is 132 Å². The van der Waals surface area contributed by atoms with E-state index in [1.807, 2.05) is 0 Å². The number of benzene rings is 7. The van der Waals surface area contributed by atoms with Crippen LogP contribution in [0.5, 0.6) is 0 Å². The summed E-state index contributed by atoms with van der Waals surface area (Å²) in [5.41, 5.74) is 13.2. The van der Waals surface area contributed by atoms with Crippen LogP contribution in [0.25, 0.3) is 43.4 Å². The predicted octanol–water partition coefficient (Wildman–Crippen LogP) is 6.58. The maximum atomic E-state index is 2.42. The molecule has 0 spiro atoms. The van der Waals surface area contributed by atoms with Crippen LogP contribution in [0.1, 0.15) is 22.3 Å². The van der Waals surface area contributed by atoms with Gasteiger partial charge in [0, 0.05) is 0 Å². The number of fused-ring (bicyclic) bond motifs is 4. The summed E-state index contributed by atoms with van der Waals surface area (Å²) in [5, 5.41) is 8.13. The van der Waals surface area contributed by atoms with Gasteiger partial charge in [-0.2, -0.15) is 0 Å². The Morgan fingerprint density at radius 3 is 1.84 bits per heavy atom. The largest absolute Gasteiger partial charge is 0.242 e. The van der Waals surface area contributed by atoms with Crippen molar-refractivity contribution in [3.8, 4) is 11.1 Å². The highest BCUT2D eigenvalue weighted by molar-refractivity contribution is 6.97. The molecule has 0 unspecified atom stereocenters. The molecule has 0 radical (unpaired) electrons. The Hall–Kier alpha value is -4.36. The van der Waals surface area contributed by atoms with Crippen molar-refractivity contribution in [3.05, 3.63) is 138 Å². The molecule has 0 N–H and O–H groups in total. The van der Waals surface area contributed by atoms with Gasteiger partial charge in [0.2, 0.25) is 6.71 Å². The molecule has 7 aromatic rings. The quantitative estimate of drug-likeness (QED) is 0.190. The second-order valence-corrected chi connectivity index (χ2v) is 10.8. The first-order chi connectivity index (χ1) is 18.3. The van der Waals surface area contributed by atoms with Gasteiger partial charge < -0.3 is 0 Å². The fourth-order valence-electron chi connectivity index (χ4n) is 7.47. The SMILES string of the molecule is c1ccc2c(c1)Cc1ccc(-c3ccc4ccc5cccc6ccc3c4c56)c3c1B2c1ccccc1C3. The van der Waals surface area contributed by atoms with E-state index in [0.29, 0.717) is 6.71 Å². The van der Waals surface area contributed by atoms with Crippen molar-refractivity contribution in [3.63, 3.8) is 0 Å². The molecule has 7 aromatic carbocycles. The Kier molecular flexibility index (Phi) is 3.80. The lowest BCUT2D eigenvalue weighted by molar-refractivity contribution is 1.15. The maximum absolute atomic E-state index is 2.42. The van der Waals surface area contributed by atoms with Crippen LogP contribution in [0.3, 0.4) is 0 Å². The highest BCUT2D eigenvalue weighted by Gasteiger charge is 2.37. The van der Waals surface area contributed by atoms with Crippen molar-refractivity contribution in [2.75, 3.05) is 0 Å². The van der Waals surface area contributed by atoms with Gasteiger partial charge in [0.05, 0.1) is 0 Å². The molecule has 0 saturated carbocycles. The van der Waals surface area contributed by atoms with Crippen LogP contribution in [0.4, 0.5) is 0 Å². The van der Waals surface area contributed by atoms with E-state index in [4.69, 9.17) is 0 Å². The van der Waals surface area contributed by atoms with Crippen LogP contribution >= 0.6 is 0 Å². The van der Waals surface area contributed by atoms with Crippen molar-refractivity contribution in [1.29, 1.82) is 0 Å². The molecule has 0 nitrogen and oxygen atoms in total. The van der Waals surface area contributed by atoms with Crippen LogP contribution in [0, 0.1) is 0 Å². The highest BCUT2D eigenvalue weighted by Crippen LogP contribution is 2.41. The van der Waals surface area contributed by atoms with Gasteiger partial charge in [0.25, 0.3) is 0 Å². The van der Waals surface area contributed by atoms with Crippen molar-refractivity contribution >= 4 is 55.4 Å². The second-order valence-electron chi connectivity index (χ2n) is 10.8. The Morgan fingerprint density at radius 2 is 1.05 bits per heavy atom. The van der Waals surface area contributed by atoms with E-state index in [0.717, 1.165) is 12.8 Å². The third kappa shape index (κ3) is 2.59. The fourth-order valence-corrected chi connectivity index (χ4v) is 7.47. The van der Waals surface area contributed by atoms with E-state index in [1.54, 1.807) is 5.46 Å². The van der Waals surface area contributed by atoms with Crippen LogP contribution < -0.4 is 16.4 Å². The van der Waals surface area contributed by atoms with E-state index >= 15 is 0 Å². The van der Waals surface area contributed by atoms with Crippen LogP contribution in [-0.2, 0) is 12.8 Å². The molecule has 0 amide bonds. The first kappa shape index (κ1) is 19.8. The van der Waals surface area contributed by atoms with Gasteiger partial charge in [-0.3, -0.25) is 0 Å². The van der Waals surface area contributed by atoms with Crippen LogP contribution in [-0.4, -0.2) is 6.71 Å². The monoisotopic (exact) mass is 466 g/mol. The molecule has 0 saturated heterocycles. The molecule has 0 bridgehead atoms. The van der Waals surface area contributed by atoms with E-state index < -0.39 is 0 Å². The van der Waals surface area contributed by atoms with Crippen molar-refractivity contribution in [1.82, 2.24) is 0 Å². The first-order valence-corrected chi connectivity index (χ1v) is 13.3. The molecule has 37 heavy (non-hydrogen) atoms. The van der Waals surface area contributed by atoms with Crippen molar-refractivity contribution in [2.24, 2.45) is 0 Å². The summed E-state index contributed by atoms with van der Waals surface area (Å²) in [5.74, 6) is 0. The fraction of sp³-hybridized carbons (Fsp3) is 0.0556. The van der Waals surface area contributed by atoms with Crippen molar-refractivity contribution < 1.29 is 0 Å². The summed E-state index contributed by atoms with van der Waals surface area (Å²) in [6, 6.07) is 43.6. The first-order valence-electron chi connectivity index (χ1n) is 13.3. The van der Waals surface area contributed by atoms with Crippen LogP contribution in [0.15, 0.2) is 115 Å². The summed E-state index contributed by atoms with van der Waals surface area (Å²) < 4.78 is 0. The van der Waals surface area contributed by atoms with Crippen LogP contribution in [0.2, 0.25) is 0 Å². The summed E-state index contributed by atoms with van der Waals surface area (Å²) in [6.45, 7) is 0.319. The zero-order valence-electron chi connectivity index (χ0n) is 20.5. The average Bonchev–Trinajstić information content (AvgIpc) is 2.96. The minimum absolute atomic E-state index is 0.319. The van der Waals surface area contributed by atoms with Gasteiger partial charge in [0.1, 0.15) is 0 Å². The third-order valence-electron chi connectivity index (χ3n) is 9.04. The number of hydrogen-bond donors (Lipinski definition) is 0. The van der Waals surface area contributed by atoms with E-state index in [9.17, 15) is 0 Å². The maximum Gasteiger partial charge on any atom is 0.242 e. The normalized spacial score (nSPS) is 13.7. The molecule has 0 aliphatic carbocycles. The molecular weight excluding hydrogens is 443 g/mol. The Balaban J connectivity index is 1.37. The molecular formula is C36H23B. The highest BCUT2D eigenvalue weighted by atomic mass is 14.3. The molecule has 0 fully saturated rings. The minimum Gasteiger partial charge on any atom is -0.0667 e. The summed E-state index contributed by atoms with van der Waals surface area (Å²) in [7, 11) is 0. The standard InChI is InChI=1S/C36H23B/c1-3-10-32-25(6-1)20-27-16-18-29(31-21-26-7-2-4-11-33(26)37(32)36(27)31)28-17-14-24-13-12-22-8-5-9-23-15-19-30(28)35(24)34(22)23/h1-19H,20-21H2. The lowest BCUT2D eigenvalue weighted by Crippen LogP contribution is -2.61. The van der Waals surface area contributed by atoms with E-state index in [1.165, 1.54) is 76.6 Å². The molecule has 0 aromatic heterocycles. The predicted molar refractivity (Wildman–Crippen MR) is 159 cm³/mol. The zero-order chi connectivity index (χ0) is 24.1. The molecule has 170 valence electrons. The van der Waals surface area contributed by atoms with Crippen molar-refractivity contribution in [2.45, 2.75) is 12.8 Å². The number of hydrogen-bond acceptors (Lipinski definition) is 0. The van der Waals surface area contributed by atoms with Gasteiger partial charge in [0.15, 0.2) is 0 Å². The van der Waals surface area contributed by atoms with E-state index in [2.05, 4.69) is 115 Å². The number of rotatable bonds is 1. The summed E-state index contributed by atoms with van der Waals surface area (Å²) >= 11 is 0. The third-order valence-corrected chi connectivity index (χ3v) is 9.04. The second kappa shape index (κ2) is 7.11. The minimum atomic E-state index is 0.319. The molecule has 2 aliphatic heterocycles. The van der Waals surface area contributed by atoms with Gasteiger partial charge in [-0.15, -0.1) is 0 Å². The zero-order valence-corrected chi connectivity index (χ0v) is 20.5.